The number of aryl methyl sites for hydroxylation is 2. The van der Waals surface area contributed by atoms with Crippen molar-refractivity contribution < 1.29 is 4.79 Å². The summed E-state index contributed by atoms with van der Waals surface area (Å²) in [7, 11) is 0. The zero-order chi connectivity index (χ0) is 13.1. The highest BCUT2D eigenvalue weighted by Crippen LogP contribution is 2.26. The Labute approximate surface area is 114 Å². The van der Waals surface area contributed by atoms with Gasteiger partial charge in [-0.05, 0) is 37.8 Å². The number of rotatable bonds is 3. The van der Waals surface area contributed by atoms with Crippen molar-refractivity contribution in [3.05, 3.63) is 34.9 Å². The predicted molar refractivity (Wildman–Crippen MR) is 74.9 cm³/mol. The molecule has 1 saturated carbocycles. The summed E-state index contributed by atoms with van der Waals surface area (Å²) in [6.45, 7) is 4.01. The number of halogens is 1. The Hall–Kier alpha value is -1.02. The van der Waals surface area contributed by atoms with E-state index in [-0.39, 0.29) is 5.91 Å². The molecule has 0 spiro atoms. The lowest BCUT2D eigenvalue weighted by Gasteiger charge is -2.17. The zero-order valence-corrected chi connectivity index (χ0v) is 11.8. The van der Waals surface area contributed by atoms with Crippen molar-refractivity contribution in [3.8, 4) is 0 Å². The quantitative estimate of drug-likeness (QED) is 0.831. The Morgan fingerprint density at radius 3 is 2.67 bits per heavy atom. The van der Waals surface area contributed by atoms with Gasteiger partial charge in [-0.1, -0.05) is 36.6 Å². The standard InChI is InChI=1S/C15H20ClNO/c1-10-7-8-11(2)13(9-10)14(16)15(18)17-12-5-3-4-6-12/h7-9,12,14H,3-6H2,1-2H3,(H,17,18). The van der Waals surface area contributed by atoms with Crippen LogP contribution in [0.2, 0.25) is 0 Å². The minimum Gasteiger partial charge on any atom is -0.352 e. The highest BCUT2D eigenvalue weighted by molar-refractivity contribution is 6.30. The van der Waals surface area contributed by atoms with Crippen LogP contribution in [-0.2, 0) is 4.79 Å². The summed E-state index contributed by atoms with van der Waals surface area (Å²) in [5.74, 6) is -0.0581. The molecule has 1 amide bonds. The largest absolute Gasteiger partial charge is 0.352 e. The first kappa shape index (κ1) is 13.4. The van der Waals surface area contributed by atoms with Gasteiger partial charge in [0.2, 0.25) is 5.91 Å². The Morgan fingerprint density at radius 1 is 1.33 bits per heavy atom. The Kier molecular flexibility index (Phi) is 4.28. The van der Waals surface area contributed by atoms with Gasteiger partial charge in [-0.25, -0.2) is 0 Å². The third-order valence-electron chi connectivity index (χ3n) is 3.64. The molecule has 0 bridgehead atoms. The molecular formula is C15H20ClNO. The molecule has 0 radical (unpaired) electrons. The van der Waals surface area contributed by atoms with E-state index in [4.69, 9.17) is 11.6 Å². The predicted octanol–water partition coefficient (Wildman–Crippen LogP) is 3.64. The van der Waals surface area contributed by atoms with Crippen LogP contribution < -0.4 is 5.32 Å². The van der Waals surface area contributed by atoms with Crippen molar-refractivity contribution >= 4 is 17.5 Å². The molecule has 98 valence electrons. The smallest absolute Gasteiger partial charge is 0.242 e. The van der Waals surface area contributed by atoms with E-state index in [2.05, 4.69) is 5.32 Å². The van der Waals surface area contributed by atoms with Gasteiger partial charge < -0.3 is 5.32 Å². The highest BCUT2D eigenvalue weighted by Gasteiger charge is 2.24. The Morgan fingerprint density at radius 2 is 2.00 bits per heavy atom. The molecule has 1 unspecified atom stereocenters. The van der Waals surface area contributed by atoms with Crippen LogP contribution in [0.5, 0.6) is 0 Å². The molecule has 1 aliphatic carbocycles. The topological polar surface area (TPSA) is 29.1 Å². The SMILES string of the molecule is Cc1ccc(C)c(C(Cl)C(=O)NC2CCCC2)c1. The normalized spacial score (nSPS) is 17.7. The minimum absolute atomic E-state index is 0.0581. The molecule has 0 aliphatic heterocycles. The molecule has 1 aromatic rings. The van der Waals surface area contributed by atoms with Gasteiger partial charge in [0.25, 0.3) is 0 Å². The Balaban J connectivity index is 2.07. The number of carbonyl (C=O) groups excluding carboxylic acids is 1. The van der Waals surface area contributed by atoms with Crippen LogP contribution in [0.25, 0.3) is 0 Å². The lowest BCUT2D eigenvalue weighted by atomic mass is 10.0. The molecule has 1 aromatic carbocycles. The van der Waals surface area contributed by atoms with Crippen LogP contribution in [-0.4, -0.2) is 11.9 Å². The molecule has 18 heavy (non-hydrogen) atoms. The van der Waals surface area contributed by atoms with Crippen LogP contribution in [0.4, 0.5) is 0 Å². The average molecular weight is 266 g/mol. The average Bonchev–Trinajstić information content (AvgIpc) is 2.84. The maximum atomic E-state index is 12.1. The molecule has 1 fully saturated rings. The number of benzene rings is 1. The number of hydrogen-bond donors (Lipinski definition) is 1. The molecule has 0 heterocycles. The van der Waals surface area contributed by atoms with Gasteiger partial charge >= 0.3 is 0 Å². The number of amides is 1. The molecule has 0 saturated heterocycles. The fourth-order valence-corrected chi connectivity index (χ4v) is 2.82. The number of alkyl halides is 1. The molecule has 3 heteroatoms. The molecular weight excluding hydrogens is 246 g/mol. The fourth-order valence-electron chi connectivity index (χ4n) is 2.52. The van der Waals surface area contributed by atoms with Crippen LogP contribution in [0.15, 0.2) is 18.2 Å². The van der Waals surface area contributed by atoms with E-state index in [0.717, 1.165) is 29.5 Å². The molecule has 0 aromatic heterocycles. The number of carbonyl (C=O) groups is 1. The van der Waals surface area contributed by atoms with Gasteiger partial charge in [0.15, 0.2) is 0 Å². The molecule has 1 N–H and O–H groups in total. The van der Waals surface area contributed by atoms with Crippen LogP contribution >= 0.6 is 11.6 Å². The van der Waals surface area contributed by atoms with Crippen molar-refractivity contribution in [1.82, 2.24) is 5.32 Å². The number of nitrogens with one attached hydrogen (secondary N) is 1. The molecule has 2 rings (SSSR count). The van der Waals surface area contributed by atoms with Gasteiger partial charge in [0, 0.05) is 6.04 Å². The first-order valence-electron chi connectivity index (χ1n) is 6.59. The zero-order valence-electron chi connectivity index (χ0n) is 11.0. The summed E-state index contributed by atoms with van der Waals surface area (Å²) in [4.78, 5) is 12.1. The summed E-state index contributed by atoms with van der Waals surface area (Å²) in [6, 6.07) is 6.38. The van der Waals surface area contributed by atoms with Crippen LogP contribution in [0.3, 0.4) is 0 Å². The van der Waals surface area contributed by atoms with E-state index in [0.29, 0.717) is 6.04 Å². The highest BCUT2D eigenvalue weighted by atomic mass is 35.5. The van der Waals surface area contributed by atoms with Crippen molar-refractivity contribution in [2.24, 2.45) is 0 Å². The van der Waals surface area contributed by atoms with E-state index >= 15 is 0 Å². The summed E-state index contributed by atoms with van der Waals surface area (Å²) < 4.78 is 0. The van der Waals surface area contributed by atoms with E-state index in [1.807, 2.05) is 32.0 Å². The van der Waals surface area contributed by atoms with Gasteiger partial charge in [0.05, 0.1) is 0 Å². The lowest BCUT2D eigenvalue weighted by molar-refractivity contribution is -0.121. The summed E-state index contributed by atoms with van der Waals surface area (Å²) in [5, 5.41) is 2.47. The molecule has 1 atom stereocenters. The fraction of sp³-hybridized carbons (Fsp3) is 0.533. The third kappa shape index (κ3) is 3.05. The third-order valence-corrected chi connectivity index (χ3v) is 4.07. The first-order chi connectivity index (χ1) is 8.58. The van der Waals surface area contributed by atoms with Crippen molar-refractivity contribution in [2.45, 2.75) is 50.9 Å². The van der Waals surface area contributed by atoms with E-state index < -0.39 is 5.38 Å². The molecule has 2 nitrogen and oxygen atoms in total. The van der Waals surface area contributed by atoms with E-state index in [1.165, 1.54) is 12.8 Å². The minimum atomic E-state index is -0.578. The Bertz CT molecular complexity index is 438. The van der Waals surface area contributed by atoms with Crippen molar-refractivity contribution in [2.75, 3.05) is 0 Å². The monoisotopic (exact) mass is 265 g/mol. The second-order valence-corrected chi connectivity index (χ2v) is 5.65. The van der Waals surface area contributed by atoms with E-state index in [1.54, 1.807) is 0 Å². The van der Waals surface area contributed by atoms with E-state index in [9.17, 15) is 4.79 Å². The second kappa shape index (κ2) is 5.75. The number of hydrogen-bond acceptors (Lipinski definition) is 1. The van der Waals surface area contributed by atoms with Crippen LogP contribution in [0, 0.1) is 13.8 Å². The van der Waals surface area contributed by atoms with Crippen LogP contribution in [0.1, 0.15) is 47.8 Å². The summed E-state index contributed by atoms with van der Waals surface area (Å²) >= 11 is 6.30. The van der Waals surface area contributed by atoms with Gasteiger partial charge in [-0.3, -0.25) is 4.79 Å². The first-order valence-corrected chi connectivity index (χ1v) is 7.03. The van der Waals surface area contributed by atoms with Gasteiger partial charge in [0.1, 0.15) is 5.38 Å². The summed E-state index contributed by atoms with van der Waals surface area (Å²) in [6.07, 6.45) is 4.59. The maximum Gasteiger partial charge on any atom is 0.242 e. The lowest BCUT2D eigenvalue weighted by Crippen LogP contribution is -2.35. The van der Waals surface area contributed by atoms with Gasteiger partial charge in [-0.15, -0.1) is 11.6 Å². The summed E-state index contributed by atoms with van der Waals surface area (Å²) in [5.41, 5.74) is 3.13. The van der Waals surface area contributed by atoms with Crippen molar-refractivity contribution in [3.63, 3.8) is 0 Å². The maximum absolute atomic E-state index is 12.1. The molecule has 1 aliphatic rings. The van der Waals surface area contributed by atoms with Gasteiger partial charge in [-0.2, -0.15) is 0 Å². The second-order valence-electron chi connectivity index (χ2n) is 5.21. The van der Waals surface area contributed by atoms with Crippen molar-refractivity contribution in [1.29, 1.82) is 0 Å².